The van der Waals surface area contributed by atoms with Gasteiger partial charge < -0.3 is 9.67 Å². The van der Waals surface area contributed by atoms with E-state index in [9.17, 15) is 9.90 Å². The number of aryl methyl sites for hydroxylation is 1. The van der Waals surface area contributed by atoms with E-state index in [4.69, 9.17) is 0 Å². The van der Waals surface area contributed by atoms with Crippen LogP contribution in [0.25, 0.3) is 11.0 Å². The summed E-state index contributed by atoms with van der Waals surface area (Å²) < 4.78 is 2.17. The van der Waals surface area contributed by atoms with Crippen molar-refractivity contribution in [1.82, 2.24) is 9.55 Å². The van der Waals surface area contributed by atoms with Gasteiger partial charge in [0.2, 0.25) is 0 Å². The average Bonchev–Trinajstić information content (AvgIpc) is 2.78. The summed E-state index contributed by atoms with van der Waals surface area (Å²) in [6.45, 7) is 5.06. The molecule has 0 aliphatic rings. The molecule has 108 valence electrons. The van der Waals surface area contributed by atoms with Crippen LogP contribution in [0.4, 0.5) is 0 Å². The third kappa shape index (κ3) is 2.82. The number of fused-ring (bicyclic) bond motifs is 1. The van der Waals surface area contributed by atoms with Crippen molar-refractivity contribution in [2.24, 2.45) is 0 Å². The molecule has 0 amide bonds. The molecule has 0 saturated carbocycles. The van der Waals surface area contributed by atoms with Gasteiger partial charge in [-0.2, -0.15) is 11.8 Å². The van der Waals surface area contributed by atoms with Crippen LogP contribution in [0.3, 0.4) is 0 Å². The van der Waals surface area contributed by atoms with Crippen molar-refractivity contribution in [3.05, 3.63) is 29.6 Å². The summed E-state index contributed by atoms with van der Waals surface area (Å²) in [4.78, 5) is 15.9. The molecule has 1 N–H and O–H groups in total. The lowest BCUT2D eigenvalue weighted by Gasteiger charge is -2.11. The largest absolute Gasteiger partial charge is 0.478 e. The van der Waals surface area contributed by atoms with Gasteiger partial charge in [0.15, 0.2) is 0 Å². The maximum atomic E-state index is 11.3. The molecule has 1 aromatic carbocycles. The normalized spacial score (nSPS) is 11.4. The van der Waals surface area contributed by atoms with Gasteiger partial charge in [-0.05, 0) is 30.6 Å². The third-order valence-electron chi connectivity index (χ3n) is 3.29. The van der Waals surface area contributed by atoms with Gasteiger partial charge in [-0.25, -0.2) is 9.78 Å². The molecule has 2 rings (SSSR count). The highest BCUT2D eigenvalue weighted by atomic mass is 32.2. The van der Waals surface area contributed by atoms with Crippen LogP contribution in [0.15, 0.2) is 18.2 Å². The molecule has 0 fully saturated rings. The van der Waals surface area contributed by atoms with E-state index in [2.05, 4.69) is 29.7 Å². The summed E-state index contributed by atoms with van der Waals surface area (Å²) in [5.41, 5.74) is 1.82. The standard InChI is InChI=1S/C15H20N2O2S/c1-10(2)14-16-13-11(15(18)19)6-4-7-12(13)17(14)8-5-9-20-3/h4,6-7,10H,5,8-9H2,1-3H3,(H,18,19). The van der Waals surface area contributed by atoms with Gasteiger partial charge in [0, 0.05) is 12.5 Å². The smallest absolute Gasteiger partial charge is 0.337 e. The number of hydrogen-bond acceptors (Lipinski definition) is 3. The molecule has 0 aliphatic heterocycles. The number of nitrogens with zero attached hydrogens (tertiary/aromatic N) is 2. The Labute approximate surface area is 123 Å². The first-order chi connectivity index (χ1) is 9.56. The minimum atomic E-state index is -0.917. The quantitative estimate of drug-likeness (QED) is 0.826. The second kappa shape index (κ2) is 6.31. The number of thioether (sulfide) groups is 1. The predicted octanol–water partition coefficient (Wildman–Crippen LogP) is 3.61. The number of carboxylic acids is 1. The molecule has 0 aliphatic carbocycles. The summed E-state index contributed by atoms with van der Waals surface area (Å²) in [6, 6.07) is 5.37. The van der Waals surface area contributed by atoms with E-state index in [1.807, 2.05) is 17.8 Å². The highest BCUT2D eigenvalue weighted by molar-refractivity contribution is 7.98. The van der Waals surface area contributed by atoms with Crippen molar-refractivity contribution in [3.63, 3.8) is 0 Å². The first kappa shape index (κ1) is 14.9. The zero-order valence-corrected chi connectivity index (χ0v) is 12.9. The van der Waals surface area contributed by atoms with E-state index < -0.39 is 5.97 Å². The monoisotopic (exact) mass is 292 g/mol. The van der Waals surface area contributed by atoms with Crippen molar-refractivity contribution in [3.8, 4) is 0 Å². The Morgan fingerprint density at radius 1 is 1.45 bits per heavy atom. The SMILES string of the molecule is CSCCCn1c(C(C)C)nc2c(C(=O)O)cccc21. The van der Waals surface area contributed by atoms with E-state index in [-0.39, 0.29) is 11.5 Å². The van der Waals surface area contributed by atoms with E-state index in [1.165, 1.54) is 0 Å². The number of rotatable bonds is 6. The minimum Gasteiger partial charge on any atom is -0.478 e. The predicted molar refractivity (Wildman–Crippen MR) is 83.8 cm³/mol. The van der Waals surface area contributed by atoms with E-state index in [1.54, 1.807) is 12.1 Å². The van der Waals surface area contributed by atoms with E-state index >= 15 is 0 Å². The topological polar surface area (TPSA) is 55.1 Å². The van der Waals surface area contributed by atoms with Gasteiger partial charge in [-0.15, -0.1) is 0 Å². The molecule has 5 heteroatoms. The molecular weight excluding hydrogens is 272 g/mol. The van der Waals surface area contributed by atoms with Crippen molar-refractivity contribution in [2.45, 2.75) is 32.7 Å². The fourth-order valence-electron chi connectivity index (χ4n) is 2.38. The van der Waals surface area contributed by atoms with Crippen molar-refractivity contribution in [2.75, 3.05) is 12.0 Å². The van der Waals surface area contributed by atoms with E-state index in [0.29, 0.717) is 5.52 Å². The summed E-state index contributed by atoms with van der Waals surface area (Å²) in [6.07, 6.45) is 3.15. The number of hydrogen-bond donors (Lipinski definition) is 1. The molecule has 0 atom stereocenters. The first-order valence-electron chi connectivity index (χ1n) is 6.77. The maximum absolute atomic E-state index is 11.3. The highest BCUT2D eigenvalue weighted by Crippen LogP contribution is 2.25. The van der Waals surface area contributed by atoms with Crippen molar-refractivity contribution >= 4 is 28.8 Å². The van der Waals surface area contributed by atoms with Crippen LogP contribution < -0.4 is 0 Å². The highest BCUT2D eigenvalue weighted by Gasteiger charge is 2.18. The average molecular weight is 292 g/mol. The Hall–Kier alpha value is -1.49. The number of aromatic nitrogens is 2. The van der Waals surface area contributed by atoms with Crippen molar-refractivity contribution < 1.29 is 9.90 Å². The molecular formula is C15H20N2O2S. The summed E-state index contributed by atoms with van der Waals surface area (Å²) in [5, 5.41) is 9.28. The fourth-order valence-corrected chi connectivity index (χ4v) is 2.80. The molecule has 1 heterocycles. The molecule has 20 heavy (non-hydrogen) atoms. The van der Waals surface area contributed by atoms with Crippen molar-refractivity contribution in [1.29, 1.82) is 0 Å². The van der Waals surface area contributed by atoms with Gasteiger partial charge in [0.1, 0.15) is 11.3 Å². The molecule has 4 nitrogen and oxygen atoms in total. The van der Waals surface area contributed by atoms with Crippen LogP contribution in [-0.2, 0) is 6.54 Å². The van der Waals surface area contributed by atoms with Gasteiger partial charge in [-0.3, -0.25) is 0 Å². The second-order valence-electron chi connectivity index (χ2n) is 5.10. The molecule has 1 aromatic heterocycles. The minimum absolute atomic E-state index is 0.276. The van der Waals surface area contributed by atoms with Crippen LogP contribution in [-0.4, -0.2) is 32.6 Å². The molecule has 2 aromatic rings. The molecule has 0 saturated heterocycles. The Morgan fingerprint density at radius 2 is 2.20 bits per heavy atom. The first-order valence-corrected chi connectivity index (χ1v) is 8.17. The van der Waals surface area contributed by atoms with Crippen LogP contribution in [0.5, 0.6) is 0 Å². The van der Waals surface area contributed by atoms with E-state index in [0.717, 1.165) is 30.1 Å². The Morgan fingerprint density at radius 3 is 2.80 bits per heavy atom. The number of imidazole rings is 1. The summed E-state index contributed by atoms with van der Waals surface area (Å²) >= 11 is 1.82. The Bertz CT molecular complexity index is 620. The zero-order valence-electron chi connectivity index (χ0n) is 12.1. The third-order valence-corrected chi connectivity index (χ3v) is 3.98. The lowest BCUT2D eigenvalue weighted by Crippen LogP contribution is -2.06. The lowest BCUT2D eigenvalue weighted by molar-refractivity contribution is 0.0699. The van der Waals surface area contributed by atoms with Crippen LogP contribution >= 0.6 is 11.8 Å². The number of benzene rings is 1. The van der Waals surface area contributed by atoms with Gasteiger partial charge in [0.25, 0.3) is 0 Å². The Kier molecular flexibility index (Phi) is 4.70. The van der Waals surface area contributed by atoms with Gasteiger partial charge >= 0.3 is 5.97 Å². The van der Waals surface area contributed by atoms with Gasteiger partial charge in [-0.1, -0.05) is 19.9 Å². The van der Waals surface area contributed by atoms with Crippen LogP contribution in [0, 0.1) is 0 Å². The van der Waals surface area contributed by atoms with Crippen LogP contribution in [0.1, 0.15) is 42.4 Å². The zero-order chi connectivity index (χ0) is 14.7. The number of para-hydroxylation sites is 1. The molecule has 0 bridgehead atoms. The Balaban J connectivity index is 2.55. The number of carboxylic acid groups (broad SMARTS) is 1. The van der Waals surface area contributed by atoms with Gasteiger partial charge in [0.05, 0.1) is 11.1 Å². The second-order valence-corrected chi connectivity index (χ2v) is 6.09. The number of aromatic carboxylic acids is 1. The van der Waals surface area contributed by atoms with Crippen LogP contribution in [0.2, 0.25) is 0 Å². The molecule has 0 radical (unpaired) electrons. The summed E-state index contributed by atoms with van der Waals surface area (Å²) in [7, 11) is 0. The lowest BCUT2D eigenvalue weighted by atomic mass is 10.2. The number of carbonyl (C=O) groups is 1. The maximum Gasteiger partial charge on any atom is 0.337 e. The fraction of sp³-hybridized carbons (Fsp3) is 0.467. The molecule has 0 unspecified atom stereocenters. The molecule has 0 spiro atoms. The summed E-state index contributed by atoms with van der Waals surface area (Å²) in [5.74, 6) is 1.42.